The first-order chi connectivity index (χ1) is 18.0. The van der Waals surface area contributed by atoms with Gasteiger partial charge in [0, 0.05) is 15.6 Å². The molecule has 1 fully saturated rings. The highest BCUT2D eigenvalue weighted by Gasteiger charge is 2.56. The Labute approximate surface area is 234 Å². The van der Waals surface area contributed by atoms with Crippen LogP contribution in [0.3, 0.4) is 0 Å². The monoisotopic (exact) mass is 582 g/mol. The third-order valence-electron chi connectivity index (χ3n) is 8.78. The second kappa shape index (κ2) is 11.2. The number of fused-ring (bicyclic) bond motifs is 3. The number of carbonyl (C=O) groups is 2. The Morgan fingerprint density at radius 2 is 1.89 bits per heavy atom. The molecule has 2 aromatic rings. The number of amides is 1. The molecule has 7 heteroatoms. The highest BCUT2D eigenvalue weighted by atomic mass is 79.9. The molecule has 2 N–H and O–H groups in total. The first-order valence-corrected chi connectivity index (χ1v) is 14.4. The lowest BCUT2D eigenvalue weighted by Gasteiger charge is -2.53. The number of hydrogen-bond acceptors (Lipinski definition) is 4. The number of rotatable bonds is 8. The fourth-order valence-corrected chi connectivity index (χ4v) is 7.17. The van der Waals surface area contributed by atoms with Gasteiger partial charge in [0.1, 0.15) is 6.61 Å². The summed E-state index contributed by atoms with van der Waals surface area (Å²) in [6.07, 6.45) is 3.95. The average Bonchev–Trinajstić information content (AvgIpc) is 2.88. The number of carbonyl (C=O) groups excluding carboxylic acids is 1. The largest absolute Gasteiger partial charge is 0.481 e. The maximum absolute atomic E-state index is 12.5. The molecule has 0 aliphatic heterocycles. The molecule has 2 aliphatic rings. The van der Waals surface area contributed by atoms with Gasteiger partial charge in [-0.25, -0.2) is 0 Å². The highest BCUT2D eigenvalue weighted by molar-refractivity contribution is 9.10. The molecular formula is C31H39BrN2O4. The molecule has 38 heavy (non-hydrogen) atoms. The summed E-state index contributed by atoms with van der Waals surface area (Å²) in [5.41, 5.74) is 4.87. The number of carboxylic acids is 1. The van der Waals surface area contributed by atoms with Gasteiger partial charge in [0.15, 0.2) is 0 Å². The summed E-state index contributed by atoms with van der Waals surface area (Å²) in [5, 5.41) is 17.7. The van der Waals surface area contributed by atoms with E-state index in [0.29, 0.717) is 30.9 Å². The van der Waals surface area contributed by atoms with Gasteiger partial charge >= 0.3 is 5.97 Å². The summed E-state index contributed by atoms with van der Waals surface area (Å²) in [7, 11) is 0. The molecule has 3 atom stereocenters. The van der Waals surface area contributed by atoms with Crippen LogP contribution < -0.4 is 5.32 Å². The number of aryl methyl sites for hydroxylation is 1. The molecular weight excluding hydrogens is 544 g/mol. The molecule has 0 aromatic heterocycles. The summed E-state index contributed by atoms with van der Waals surface area (Å²) in [6.45, 7) is 11.1. The van der Waals surface area contributed by atoms with Crippen LogP contribution in [0.1, 0.15) is 98.8 Å². The first-order valence-electron chi connectivity index (χ1n) is 13.6. The molecule has 6 nitrogen and oxygen atoms in total. The third-order valence-corrected chi connectivity index (χ3v) is 9.47. The molecule has 0 saturated heterocycles. The van der Waals surface area contributed by atoms with Crippen LogP contribution in [0.2, 0.25) is 0 Å². The number of carboxylic acid groups (broad SMARTS) is 1. The van der Waals surface area contributed by atoms with E-state index < -0.39 is 11.4 Å². The molecule has 0 bridgehead atoms. The normalized spacial score (nSPS) is 25.6. The van der Waals surface area contributed by atoms with E-state index in [4.69, 9.17) is 4.84 Å². The van der Waals surface area contributed by atoms with Crippen molar-refractivity contribution in [2.24, 2.45) is 16.5 Å². The van der Waals surface area contributed by atoms with Crippen LogP contribution in [-0.4, -0.2) is 35.8 Å². The minimum Gasteiger partial charge on any atom is -0.481 e. The van der Waals surface area contributed by atoms with E-state index in [1.807, 2.05) is 31.2 Å². The van der Waals surface area contributed by atoms with Gasteiger partial charge in [-0.2, -0.15) is 0 Å². The molecule has 204 valence electrons. The predicted octanol–water partition coefficient (Wildman–Crippen LogP) is 6.84. The van der Waals surface area contributed by atoms with E-state index in [9.17, 15) is 14.7 Å². The lowest BCUT2D eigenvalue weighted by molar-refractivity contribution is -0.156. The van der Waals surface area contributed by atoms with Gasteiger partial charge in [-0.15, -0.1) is 0 Å². The van der Waals surface area contributed by atoms with E-state index in [1.54, 1.807) is 0 Å². The Balaban J connectivity index is 1.57. The molecule has 0 spiro atoms. The number of aliphatic carboxylic acids is 1. The second-order valence-electron chi connectivity index (χ2n) is 11.5. The Morgan fingerprint density at radius 3 is 2.53 bits per heavy atom. The second-order valence-corrected chi connectivity index (χ2v) is 12.4. The van der Waals surface area contributed by atoms with E-state index in [-0.39, 0.29) is 23.8 Å². The van der Waals surface area contributed by atoms with Crippen LogP contribution in [0.5, 0.6) is 0 Å². The van der Waals surface area contributed by atoms with Crippen LogP contribution >= 0.6 is 15.9 Å². The van der Waals surface area contributed by atoms with Crippen molar-refractivity contribution in [3.63, 3.8) is 0 Å². The standard InChI is InChI=1S/C31H39BrN2O4/c1-6-20-8-10-21(11-9-20)28(35)33-14-15-38-34-26-18-27-30(4,12-7-13-31(27,5)29(36)37)24-17-25(32)22(19(2)3)16-23(24)26/h8-11,16-17,19,27H,6-7,12-15,18H2,1-5H3,(H,33,35)(H,36,37)/b34-26+/t27-,30-,31-/m1/s1. The number of hydrogen-bond donors (Lipinski definition) is 2. The molecule has 2 aliphatic carbocycles. The Hall–Kier alpha value is -2.67. The molecule has 2 aromatic carbocycles. The van der Waals surface area contributed by atoms with Crippen molar-refractivity contribution in [1.82, 2.24) is 5.32 Å². The van der Waals surface area contributed by atoms with Gasteiger partial charge in [0.25, 0.3) is 5.91 Å². The molecule has 1 amide bonds. The van der Waals surface area contributed by atoms with E-state index >= 15 is 0 Å². The summed E-state index contributed by atoms with van der Waals surface area (Å²) in [4.78, 5) is 30.7. The zero-order chi connectivity index (χ0) is 27.7. The zero-order valence-electron chi connectivity index (χ0n) is 23.1. The van der Waals surface area contributed by atoms with Crippen LogP contribution in [0, 0.1) is 11.3 Å². The average molecular weight is 584 g/mol. The topological polar surface area (TPSA) is 88.0 Å². The number of nitrogens with one attached hydrogen (secondary N) is 1. The van der Waals surface area contributed by atoms with Crippen molar-refractivity contribution in [2.45, 2.75) is 78.1 Å². The van der Waals surface area contributed by atoms with Gasteiger partial charge < -0.3 is 15.3 Å². The number of oxime groups is 1. The van der Waals surface area contributed by atoms with Gasteiger partial charge in [-0.3, -0.25) is 9.59 Å². The van der Waals surface area contributed by atoms with Gasteiger partial charge in [0.2, 0.25) is 0 Å². The van der Waals surface area contributed by atoms with Crippen molar-refractivity contribution in [3.8, 4) is 0 Å². The van der Waals surface area contributed by atoms with Gasteiger partial charge in [0.05, 0.1) is 17.7 Å². The highest BCUT2D eigenvalue weighted by Crippen LogP contribution is 2.58. The number of halogens is 1. The van der Waals surface area contributed by atoms with Crippen molar-refractivity contribution in [3.05, 3.63) is 68.7 Å². The smallest absolute Gasteiger partial charge is 0.309 e. The molecule has 0 radical (unpaired) electrons. The van der Waals surface area contributed by atoms with E-state index in [0.717, 1.165) is 40.6 Å². The SMILES string of the molecule is CCc1ccc(C(=O)NCCO/N=C2\C[C@H]3[C@](C)(C(=O)O)CCC[C@]3(C)c3cc(Br)c(C(C)C)cc32)cc1. The molecule has 4 rings (SSSR count). The van der Waals surface area contributed by atoms with Crippen LogP contribution in [0.25, 0.3) is 0 Å². The predicted molar refractivity (Wildman–Crippen MR) is 154 cm³/mol. The Morgan fingerprint density at radius 1 is 1.18 bits per heavy atom. The van der Waals surface area contributed by atoms with Gasteiger partial charge in [-0.1, -0.05) is 67.3 Å². The summed E-state index contributed by atoms with van der Waals surface area (Å²) < 4.78 is 1.05. The minimum absolute atomic E-state index is 0.0984. The summed E-state index contributed by atoms with van der Waals surface area (Å²) in [5.74, 6) is -0.670. The van der Waals surface area contributed by atoms with E-state index in [2.05, 4.69) is 66.2 Å². The maximum Gasteiger partial charge on any atom is 0.309 e. The van der Waals surface area contributed by atoms with Crippen LogP contribution in [0.15, 0.2) is 46.0 Å². The third kappa shape index (κ3) is 5.27. The quantitative estimate of drug-likeness (QED) is 0.263. The minimum atomic E-state index is -0.837. The Kier molecular flexibility index (Phi) is 8.36. The summed E-state index contributed by atoms with van der Waals surface area (Å²) in [6, 6.07) is 12.0. The fourth-order valence-electron chi connectivity index (χ4n) is 6.36. The first kappa shape index (κ1) is 28.3. The summed E-state index contributed by atoms with van der Waals surface area (Å²) >= 11 is 3.78. The van der Waals surface area contributed by atoms with Gasteiger partial charge in [-0.05, 0) is 90.8 Å². The van der Waals surface area contributed by atoms with Crippen molar-refractivity contribution in [2.75, 3.05) is 13.2 Å². The van der Waals surface area contributed by atoms with E-state index in [1.165, 1.54) is 11.1 Å². The lowest BCUT2D eigenvalue weighted by Crippen LogP contribution is -2.53. The van der Waals surface area contributed by atoms with Crippen molar-refractivity contribution < 1.29 is 19.5 Å². The van der Waals surface area contributed by atoms with Crippen LogP contribution in [-0.2, 0) is 21.5 Å². The van der Waals surface area contributed by atoms with Crippen molar-refractivity contribution in [1.29, 1.82) is 0 Å². The lowest BCUT2D eigenvalue weighted by atomic mass is 9.49. The number of benzene rings is 2. The number of nitrogens with zero attached hydrogens (tertiary/aromatic N) is 1. The fraction of sp³-hybridized carbons (Fsp3) is 0.516. The molecule has 0 heterocycles. The molecule has 0 unspecified atom stereocenters. The Bertz CT molecular complexity index is 1240. The maximum atomic E-state index is 12.5. The molecule has 1 saturated carbocycles. The van der Waals surface area contributed by atoms with Crippen molar-refractivity contribution >= 4 is 33.5 Å². The van der Waals surface area contributed by atoms with Crippen LogP contribution in [0.4, 0.5) is 0 Å². The zero-order valence-corrected chi connectivity index (χ0v) is 24.7.